The van der Waals surface area contributed by atoms with Crippen molar-refractivity contribution < 1.29 is 0 Å². The number of para-hydroxylation sites is 2. The number of nitrogens with zero attached hydrogens (tertiary/aromatic N) is 1. The minimum absolute atomic E-state index is 0.509. The summed E-state index contributed by atoms with van der Waals surface area (Å²) in [5.41, 5.74) is 3.50. The summed E-state index contributed by atoms with van der Waals surface area (Å²) < 4.78 is 0. The molecule has 0 bridgehead atoms. The minimum Gasteiger partial charge on any atom is -0.362 e. The topological polar surface area (TPSA) is 15.3 Å². The molecule has 0 aromatic heterocycles. The van der Waals surface area contributed by atoms with Gasteiger partial charge in [0.05, 0.1) is 17.9 Å². The van der Waals surface area contributed by atoms with Gasteiger partial charge in [0, 0.05) is 11.7 Å². The fourth-order valence-electron chi connectivity index (χ4n) is 1.81. The van der Waals surface area contributed by atoms with Crippen LogP contribution in [0.5, 0.6) is 0 Å². The molecule has 2 rings (SSSR count). The monoisotopic (exact) mass is 188 g/mol. The first kappa shape index (κ1) is 9.13. The molecule has 0 radical (unpaired) electrons. The third-order valence-corrected chi connectivity index (χ3v) is 2.51. The van der Waals surface area contributed by atoms with Crippen LogP contribution in [0.1, 0.15) is 13.8 Å². The lowest BCUT2D eigenvalue weighted by Crippen LogP contribution is -2.37. The molecule has 1 aromatic carbocycles. The van der Waals surface area contributed by atoms with Gasteiger partial charge in [-0.05, 0) is 26.0 Å². The Labute approximate surface area is 85.2 Å². The van der Waals surface area contributed by atoms with E-state index in [-0.39, 0.29) is 0 Å². The lowest BCUT2D eigenvalue weighted by atomic mass is 10.1. The van der Waals surface area contributed by atoms with Crippen LogP contribution < -0.4 is 10.2 Å². The van der Waals surface area contributed by atoms with Crippen LogP contribution in [0.25, 0.3) is 0 Å². The molecule has 14 heavy (non-hydrogen) atoms. The summed E-state index contributed by atoms with van der Waals surface area (Å²) in [6, 6.07) is 8.87. The van der Waals surface area contributed by atoms with Crippen molar-refractivity contribution in [3.05, 3.63) is 36.5 Å². The lowest BCUT2D eigenvalue weighted by molar-refractivity contribution is 0.706. The van der Waals surface area contributed by atoms with Crippen LogP contribution in [0, 0.1) is 0 Å². The zero-order valence-electron chi connectivity index (χ0n) is 8.75. The van der Waals surface area contributed by atoms with Gasteiger partial charge in [0.15, 0.2) is 0 Å². The highest BCUT2D eigenvalue weighted by atomic mass is 15.2. The summed E-state index contributed by atoms with van der Waals surface area (Å²) in [7, 11) is 0. The third kappa shape index (κ3) is 1.48. The van der Waals surface area contributed by atoms with E-state index in [1.807, 2.05) is 6.07 Å². The molecule has 2 nitrogen and oxygen atoms in total. The van der Waals surface area contributed by atoms with Crippen molar-refractivity contribution in [3.63, 3.8) is 0 Å². The molecule has 1 aromatic rings. The van der Waals surface area contributed by atoms with E-state index >= 15 is 0 Å². The van der Waals surface area contributed by atoms with Crippen molar-refractivity contribution in [2.45, 2.75) is 19.9 Å². The first-order valence-electron chi connectivity index (χ1n) is 4.99. The maximum Gasteiger partial charge on any atom is 0.0620 e. The standard InChI is InChI=1S/C12H16N2/c1-9(2)14-8-10(3)13-11-6-4-5-7-12(11)14/h4-7,9,13H,3,8H2,1-2H3. The summed E-state index contributed by atoms with van der Waals surface area (Å²) >= 11 is 0. The molecule has 0 amide bonds. The van der Waals surface area contributed by atoms with Gasteiger partial charge >= 0.3 is 0 Å². The highest BCUT2D eigenvalue weighted by Crippen LogP contribution is 2.32. The number of hydrogen-bond donors (Lipinski definition) is 1. The van der Waals surface area contributed by atoms with E-state index in [0.717, 1.165) is 17.9 Å². The van der Waals surface area contributed by atoms with E-state index in [1.165, 1.54) is 5.69 Å². The molecule has 2 heteroatoms. The maximum atomic E-state index is 3.99. The van der Waals surface area contributed by atoms with E-state index < -0.39 is 0 Å². The summed E-state index contributed by atoms with van der Waals surface area (Å²) in [5, 5.41) is 3.31. The number of rotatable bonds is 1. The second-order valence-electron chi connectivity index (χ2n) is 3.97. The molecule has 0 aliphatic carbocycles. The van der Waals surface area contributed by atoms with Crippen molar-refractivity contribution in [1.29, 1.82) is 0 Å². The van der Waals surface area contributed by atoms with Gasteiger partial charge in [-0.2, -0.15) is 0 Å². The van der Waals surface area contributed by atoms with Crippen LogP contribution in [0.15, 0.2) is 36.5 Å². The quantitative estimate of drug-likeness (QED) is 0.729. The zero-order valence-corrected chi connectivity index (χ0v) is 8.75. The van der Waals surface area contributed by atoms with E-state index in [1.54, 1.807) is 0 Å². The second kappa shape index (κ2) is 3.37. The summed E-state index contributed by atoms with van der Waals surface area (Å²) in [6.07, 6.45) is 0. The molecule has 1 heterocycles. The third-order valence-electron chi connectivity index (χ3n) is 2.51. The minimum atomic E-state index is 0.509. The first-order valence-corrected chi connectivity index (χ1v) is 4.99. The molecule has 0 saturated heterocycles. The predicted molar refractivity (Wildman–Crippen MR) is 61.7 cm³/mol. The molecule has 0 fully saturated rings. The van der Waals surface area contributed by atoms with Gasteiger partial charge in [-0.1, -0.05) is 18.7 Å². The number of anilines is 2. The van der Waals surface area contributed by atoms with E-state index in [9.17, 15) is 0 Å². The van der Waals surface area contributed by atoms with Crippen LogP contribution in [0.4, 0.5) is 11.4 Å². The summed E-state index contributed by atoms with van der Waals surface area (Å²) in [4.78, 5) is 2.36. The van der Waals surface area contributed by atoms with Crippen molar-refractivity contribution in [2.75, 3.05) is 16.8 Å². The van der Waals surface area contributed by atoms with Crippen molar-refractivity contribution >= 4 is 11.4 Å². The van der Waals surface area contributed by atoms with Gasteiger partial charge in [0.1, 0.15) is 0 Å². The van der Waals surface area contributed by atoms with E-state index in [2.05, 4.69) is 48.8 Å². The molecule has 74 valence electrons. The Morgan fingerprint density at radius 2 is 2.07 bits per heavy atom. The van der Waals surface area contributed by atoms with Gasteiger partial charge < -0.3 is 10.2 Å². The molecule has 0 unspecified atom stereocenters. The smallest absolute Gasteiger partial charge is 0.0620 e. The first-order chi connectivity index (χ1) is 6.68. The maximum absolute atomic E-state index is 3.99. The molecule has 0 saturated carbocycles. The van der Waals surface area contributed by atoms with E-state index in [4.69, 9.17) is 0 Å². The SMILES string of the molecule is C=C1CN(C(C)C)c2ccccc2N1. The van der Waals surface area contributed by atoms with Gasteiger partial charge in [-0.3, -0.25) is 0 Å². The van der Waals surface area contributed by atoms with Crippen LogP contribution in [-0.4, -0.2) is 12.6 Å². The largest absolute Gasteiger partial charge is 0.362 e. The Morgan fingerprint density at radius 1 is 1.36 bits per heavy atom. The van der Waals surface area contributed by atoms with Gasteiger partial charge in [0.2, 0.25) is 0 Å². The number of fused-ring (bicyclic) bond motifs is 1. The second-order valence-corrected chi connectivity index (χ2v) is 3.97. The molecule has 0 atom stereocenters. The Balaban J connectivity index is 2.43. The zero-order chi connectivity index (χ0) is 10.1. The summed E-state index contributed by atoms with van der Waals surface area (Å²) in [6.45, 7) is 9.30. The normalized spacial score (nSPS) is 15.4. The van der Waals surface area contributed by atoms with Crippen molar-refractivity contribution in [2.24, 2.45) is 0 Å². The highest BCUT2D eigenvalue weighted by Gasteiger charge is 2.19. The number of nitrogens with one attached hydrogen (secondary N) is 1. The fraction of sp³-hybridized carbons (Fsp3) is 0.333. The highest BCUT2D eigenvalue weighted by molar-refractivity contribution is 5.75. The van der Waals surface area contributed by atoms with Gasteiger partial charge in [-0.15, -0.1) is 0 Å². The Bertz CT molecular complexity index is 355. The molecule has 0 spiro atoms. The lowest BCUT2D eigenvalue weighted by Gasteiger charge is -2.36. The van der Waals surface area contributed by atoms with Crippen LogP contribution in [-0.2, 0) is 0 Å². The predicted octanol–water partition coefficient (Wildman–Crippen LogP) is 2.84. The van der Waals surface area contributed by atoms with Crippen LogP contribution >= 0.6 is 0 Å². The molecule has 1 aliphatic heterocycles. The molecule has 1 N–H and O–H groups in total. The molecular formula is C12H16N2. The van der Waals surface area contributed by atoms with Gasteiger partial charge in [0.25, 0.3) is 0 Å². The Kier molecular flexibility index (Phi) is 2.20. The van der Waals surface area contributed by atoms with Gasteiger partial charge in [-0.25, -0.2) is 0 Å². The average molecular weight is 188 g/mol. The Hall–Kier alpha value is -1.44. The van der Waals surface area contributed by atoms with Crippen LogP contribution in [0.3, 0.4) is 0 Å². The molecule has 1 aliphatic rings. The number of benzene rings is 1. The fourth-order valence-corrected chi connectivity index (χ4v) is 1.81. The van der Waals surface area contributed by atoms with Crippen molar-refractivity contribution in [3.8, 4) is 0 Å². The van der Waals surface area contributed by atoms with Crippen LogP contribution in [0.2, 0.25) is 0 Å². The summed E-state index contributed by atoms with van der Waals surface area (Å²) in [5.74, 6) is 0. The average Bonchev–Trinajstić information content (AvgIpc) is 2.16. The van der Waals surface area contributed by atoms with Crippen molar-refractivity contribution in [1.82, 2.24) is 0 Å². The number of hydrogen-bond acceptors (Lipinski definition) is 2. The molecular weight excluding hydrogens is 172 g/mol. The Morgan fingerprint density at radius 3 is 2.79 bits per heavy atom. The van der Waals surface area contributed by atoms with E-state index in [0.29, 0.717) is 6.04 Å².